The summed E-state index contributed by atoms with van der Waals surface area (Å²) in [4.78, 5) is 2.28. The molecule has 0 spiro atoms. The van der Waals surface area contributed by atoms with Gasteiger partial charge in [0.05, 0.1) is 6.67 Å². The van der Waals surface area contributed by atoms with Crippen LogP contribution >= 0.6 is 24.0 Å². The third-order valence-electron chi connectivity index (χ3n) is 5.01. The van der Waals surface area contributed by atoms with Gasteiger partial charge in [0.15, 0.2) is 0 Å². The van der Waals surface area contributed by atoms with Crippen molar-refractivity contribution in [3.05, 3.63) is 12.2 Å². The summed E-state index contributed by atoms with van der Waals surface area (Å²) in [5.74, 6) is 1.16. The molecule has 1 aliphatic heterocycles. The summed E-state index contributed by atoms with van der Waals surface area (Å²) in [5.41, 5.74) is 0. The number of nitrogens with one attached hydrogen (secondary N) is 1. The molecule has 26 heavy (non-hydrogen) atoms. The summed E-state index contributed by atoms with van der Waals surface area (Å²) < 4.78 is 1.07. The van der Waals surface area contributed by atoms with Crippen LogP contribution in [0.25, 0.3) is 0 Å². The highest BCUT2D eigenvalue weighted by molar-refractivity contribution is 8.23. The zero-order valence-electron chi connectivity index (χ0n) is 17.1. The normalized spacial score (nSPS) is 14.8. The van der Waals surface area contributed by atoms with Crippen LogP contribution in [0.1, 0.15) is 96.8 Å². The summed E-state index contributed by atoms with van der Waals surface area (Å²) in [6.07, 6.45) is 24.1. The van der Waals surface area contributed by atoms with Gasteiger partial charge in [-0.3, -0.25) is 5.32 Å². The van der Waals surface area contributed by atoms with E-state index in [0.29, 0.717) is 0 Å². The number of hydrogen-bond acceptors (Lipinski definition) is 3. The van der Waals surface area contributed by atoms with Crippen LogP contribution in [0.15, 0.2) is 12.2 Å². The number of nitrogens with zero attached hydrogens (tertiary/aromatic N) is 1. The minimum atomic E-state index is 0.941. The minimum absolute atomic E-state index is 0.941. The lowest BCUT2D eigenvalue weighted by Gasteiger charge is -2.17. The Labute approximate surface area is 172 Å². The van der Waals surface area contributed by atoms with Gasteiger partial charge in [0.25, 0.3) is 0 Å². The lowest BCUT2D eigenvalue weighted by molar-refractivity contribution is 0.413. The van der Waals surface area contributed by atoms with Gasteiger partial charge in [-0.15, -0.1) is 0 Å². The quantitative estimate of drug-likeness (QED) is 0.153. The maximum Gasteiger partial charge on any atom is 0.137 e. The van der Waals surface area contributed by atoms with Gasteiger partial charge < -0.3 is 4.90 Å². The highest BCUT2D eigenvalue weighted by Crippen LogP contribution is 2.16. The molecule has 0 radical (unpaired) electrons. The number of thioether (sulfide) groups is 1. The first kappa shape index (κ1) is 24.0. The molecule has 0 amide bonds. The molecule has 2 nitrogen and oxygen atoms in total. The minimum Gasteiger partial charge on any atom is -0.344 e. The SMILES string of the molecule is CCCCCCCCC=CCCCCCCCCNCN1CCSC1=S. The molecule has 0 aromatic heterocycles. The van der Waals surface area contributed by atoms with E-state index in [-0.39, 0.29) is 0 Å². The fourth-order valence-electron chi connectivity index (χ4n) is 3.28. The van der Waals surface area contributed by atoms with Gasteiger partial charge in [-0.25, -0.2) is 0 Å². The second-order valence-corrected chi connectivity index (χ2v) is 9.20. The molecular formula is C22H42N2S2. The monoisotopic (exact) mass is 398 g/mol. The molecule has 152 valence electrons. The van der Waals surface area contributed by atoms with E-state index in [0.717, 1.165) is 29.8 Å². The van der Waals surface area contributed by atoms with Crippen molar-refractivity contribution in [2.24, 2.45) is 0 Å². The predicted molar refractivity (Wildman–Crippen MR) is 124 cm³/mol. The summed E-state index contributed by atoms with van der Waals surface area (Å²) in [7, 11) is 0. The number of allylic oxidation sites excluding steroid dienone is 2. The molecule has 0 unspecified atom stereocenters. The van der Waals surface area contributed by atoms with Crippen molar-refractivity contribution in [2.45, 2.75) is 96.8 Å². The van der Waals surface area contributed by atoms with Crippen molar-refractivity contribution < 1.29 is 0 Å². The maximum absolute atomic E-state index is 5.30. The van der Waals surface area contributed by atoms with Crippen LogP contribution in [0, 0.1) is 0 Å². The molecule has 0 bridgehead atoms. The first-order chi connectivity index (χ1) is 12.8. The van der Waals surface area contributed by atoms with Crippen LogP contribution < -0.4 is 5.32 Å². The predicted octanol–water partition coefficient (Wildman–Crippen LogP) is 6.90. The molecule has 0 saturated carbocycles. The van der Waals surface area contributed by atoms with E-state index in [1.54, 1.807) is 0 Å². The van der Waals surface area contributed by atoms with E-state index < -0.39 is 0 Å². The molecule has 1 fully saturated rings. The molecule has 1 heterocycles. The van der Waals surface area contributed by atoms with E-state index in [1.165, 1.54) is 89.9 Å². The Morgan fingerprint density at radius 1 is 0.885 bits per heavy atom. The lowest BCUT2D eigenvalue weighted by Crippen LogP contribution is -2.34. The summed E-state index contributed by atoms with van der Waals surface area (Å²) in [6.45, 7) is 5.47. The van der Waals surface area contributed by atoms with Crippen LogP contribution in [0.3, 0.4) is 0 Å². The lowest BCUT2D eigenvalue weighted by atomic mass is 10.1. The number of unbranched alkanes of at least 4 members (excludes halogenated alkanes) is 12. The van der Waals surface area contributed by atoms with Crippen molar-refractivity contribution in [2.75, 3.05) is 25.5 Å². The van der Waals surface area contributed by atoms with Crippen LogP contribution in [-0.4, -0.2) is 34.7 Å². The van der Waals surface area contributed by atoms with Crippen molar-refractivity contribution in [3.63, 3.8) is 0 Å². The Bertz CT molecular complexity index is 358. The third kappa shape index (κ3) is 14.1. The van der Waals surface area contributed by atoms with Crippen LogP contribution in [0.5, 0.6) is 0 Å². The van der Waals surface area contributed by atoms with Gasteiger partial charge in [-0.2, -0.15) is 0 Å². The largest absolute Gasteiger partial charge is 0.344 e. The molecule has 1 N–H and O–H groups in total. The summed E-state index contributed by atoms with van der Waals surface area (Å²) in [5, 5.41) is 3.52. The Kier molecular flexibility index (Phi) is 16.9. The molecule has 1 rings (SSSR count). The molecule has 0 aliphatic carbocycles. The molecule has 0 atom stereocenters. The average molecular weight is 399 g/mol. The highest BCUT2D eigenvalue weighted by atomic mass is 32.2. The molecule has 0 aromatic carbocycles. The summed E-state index contributed by atoms with van der Waals surface area (Å²) >= 11 is 7.11. The van der Waals surface area contributed by atoms with E-state index in [4.69, 9.17) is 12.2 Å². The second-order valence-electron chi connectivity index (χ2n) is 7.47. The van der Waals surface area contributed by atoms with Gasteiger partial charge in [0.1, 0.15) is 4.32 Å². The fraction of sp³-hybridized carbons (Fsp3) is 0.864. The topological polar surface area (TPSA) is 15.3 Å². The van der Waals surface area contributed by atoms with Crippen molar-refractivity contribution in [1.82, 2.24) is 10.2 Å². The Morgan fingerprint density at radius 2 is 1.46 bits per heavy atom. The first-order valence-corrected chi connectivity index (χ1v) is 12.5. The third-order valence-corrected chi connectivity index (χ3v) is 6.52. The van der Waals surface area contributed by atoms with Crippen molar-refractivity contribution >= 4 is 28.3 Å². The molecule has 4 heteroatoms. The second kappa shape index (κ2) is 18.3. The van der Waals surface area contributed by atoms with Crippen LogP contribution in [0.4, 0.5) is 0 Å². The molecule has 1 aliphatic rings. The first-order valence-electron chi connectivity index (χ1n) is 11.1. The van der Waals surface area contributed by atoms with E-state index in [9.17, 15) is 0 Å². The standard InChI is InChI=1S/C22H42N2S2/c1-2-3-4-5-6-7-8-9-10-11-12-13-14-15-16-17-18-23-21-24-19-20-26-22(24)25/h9-10,23H,2-8,11-21H2,1H3. The highest BCUT2D eigenvalue weighted by Gasteiger charge is 2.15. The van der Waals surface area contributed by atoms with Gasteiger partial charge in [-0.05, 0) is 38.6 Å². The van der Waals surface area contributed by atoms with Gasteiger partial charge >= 0.3 is 0 Å². The fourth-order valence-corrected chi connectivity index (χ4v) is 4.51. The van der Waals surface area contributed by atoms with Gasteiger partial charge in [0, 0.05) is 12.3 Å². The number of rotatable bonds is 18. The van der Waals surface area contributed by atoms with Crippen LogP contribution in [0.2, 0.25) is 0 Å². The number of hydrogen-bond donors (Lipinski definition) is 1. The van der Waals surface area contributed by atoms with Gasteiger partial charge in [0.2, 0.25) is 0 Å². The van der Waals surface area contributed by atoms with Crippen molar-refractivity contribution in [1.29, 1.82) is 0 Å². The Balaban J connectivity index is 1.71. The Morgan fingerprint density at radius 3 is 2.04 bits per heavy atom. The zero-order chi connectivity index (χ0) is 18.7. The average Bonchev–Trinajstić information content (AvgIpc) is 3.05. The van der Waals surface area contributed by atoms with Crippen molar-refractivity contribution in [3.8, 4) is 0 Å². The van der Waals surface area contributed by atoms with Crippen LogP contribution in [-0.2, 0) is 0 Å². The zero-order valence-corrected chi connectivity index (χ0v) is 18.8. The van der Waals surface area contributed by atoms with E-state index in [2.05, 4.69) is 29.3 Å². The van der Waals surface area contributed by atoms with E-state index >= 15 is 0 Å². The Hall–Kier alpha value is -0.0600. The van der Waals surface area contributed by atoms with E-state index in [1.807, 2.05) is 11.8 Å². The smallest absolute Gasteiger partial charge is 0.137 e. The number of thiocarbonyl (C=S) groups is 1. The molecule has 0 aromatic rings. The van der Waals surface area contributed by atoms with Gasteiger partial charge in [-0.1, -0.05) is 101 Å². The maximum atomic E-state index is 5.30. The summed E-state index contributed by atoms with van der Waals surface area (Å²) in [6, 6.07) is 0. The molecular weight excluding hydrogens is 356 g/mol. The molecule has 1 saturated heterocycles.